The van der Waals surface area contributed by atoms with Gasteiger partial charge in [-0.05, 0) is 31.9 Å². The summed E-state index contributed by atoms with van der Waals surface area (Å²) in [7, 11) is 0. The second-order valence-electron chi connectivity index (χ2n) is 10.4. The summed E-state index contributed by atoms with van der Waals surface area (Å²) in [6.45, 7) is 8.10. The minimum atomic E-state index is -2.15. The summed E-state index contributed by atoms with van der Waals surface area (Å²) in [5, 5.41) is 14.1. The summed E-state index contributed by atoms with van der Waals surface area (Å²) >= 11 is 0. The number of fused-ring (bicyclic) bond motifs is 3. The zero-order valence-corrected chi connectivity index (χ0v) is 19.7. The molecular weight excluding hydrogens is 418 g/mol. The first kappa shape index (κ1) is 23.5. The Labute approximate surface area is 195 Å². The number of rotatable bonds is 6. The fourth-order valence-electron chi connectivity index (χ4n) is 5.19. The molecule has 1 atom stereocenters. The van der Waals surface area contributed by atoms with E-state index in [0.717, 1.165) is 25.9 Å². The van der Waals surface area contributed by atoms with Gasteiger partial charge in [0, 0.05) is 24.4 Å². The van der Waals surface area contributed by atoms with E-state index in [9.17, 15) is 14.7 Å². The van der Waals surface area contributed by atoms with Crippen LogP contribution in [0.2, 0.25) is 0 Å². The maximum Gasteiger partial charge on any atom is 0.362 e. The minimum Gasteiger partial charge on any atom is -0.834 e. The summed E-state index contributed by atoms with van der Waals surface area (Å²) in [5.41, 5.74) is -1.96. The number of hydrogen-bond donors (Lipinski definition) is 0. The molecule has 3 aliphatic rings. The van der Waals surface area contributed by atoms with Crippen molar-refractivity contribution in [3.63, 3.8) is 0 Å². The molecule has 0 saturated carbocycles. The van der Waals surface area contributed by atoms with Crippen molar-refractivity contribution in [2.75, 3.05) is 26.2 Å². The van der Waals surface area contributed by atoms with Gasteiger partial charge in [-0.25, -0.2) is 4.79 Å². The first-order chi connectivity index (χ1) is 15.6. The molecule has 2 bridgehead atoms. The smallest absolute Gasteiger partial charge is 0.362 e. The van der Waals surface area contributed by atoms with Crippen LogP contribution in [0.4, 0.5) is 0 Å². The largest absolute Gasteiger partial charge is 0.834 e. The van der Waals surface area contributed by atoms with Crippen LogP contribution >= 0.6 is 0 Å². The third kappa shape index (κ3) is 4.97. The molecule has 3 fully saturated rings. The lowest BCUT2D eigenvalue weighted by atomic mass is 9.82. The van der Waals surface area contributed by atoms with Gasteiger partial charge in [0.25, 0.3) is 0 Å². The van der Waals surface area contributed by atoms with Crippen LogP contribution in [0, 0.1) is 5.92 Å². The lowest BCUT2D eigenvalue weighted by molar-refractivity contribution is -0.939. The average Bonchev–Trinajstić information content (AvgIpc) is 2.78. The van der Waals surface area contributed by atoms with E-state index in [2.05, 4.69) is 0 Å². The highest BCUT2D eigenvalue weighted by Crippen LogP contribution is 2.37. The SMILES string of the molecule is CC(C)(C)OC(=O)C[N+]12CCC(CC1)C(OC(=O)C([O-])(c1ccccc1)c1ccccc1)C2. The van der Waals surface area contributed by atoms with E-state index in [1.165, 1.54) is 0 Å². The quantitative estimate of drug-likeness (QED) is 0.499. The Morgan fingerprint density at radius 3 is 1.94 bits per heavy atom. The molecule has 6 nitrogen and oxygen atoms in total. The number of hydrogen-bond acceptors (Lipinski definition) is 5. The highest BCUT2D eigenvalue weighted by molar-refractivity contribution is 5.85. The zero-order chi connectivity index (χ0) is 23.7. The van der Waals surface area contributed by atoms with E-state index < -0.39 is 17.2 Å². The van der Waals surface area contributed by atoms with Gasteiger partial charge in [-0.3, -0.25) is 4.79 Å². The Kier molecular flexibility index (Phi) is 6.34. The number of nitrogens with zero attached hydrogens (tertiary/aromatic N) is 1. The van der Waals surface area contributed by atoms with E-state index in [1.807, 2.05) is 32.9 Å². The highest BCUT2D eigenvalue weighted by atomic mass is 16.6. The van der Waals surface area contributed by atoms with Crippen LogP contribution in [0.1, 0.15) is 44.7 Å². The van der Waals surface area contributed by atoms with Gasteiger partial charge in [-0.1, -0.05) is 60.7 Å². The van der Waals surface area contributed by atoms with E-state index in [-0.39, 0.29) is 24.5 Å². The maximum absolute atomic E-state index is 14.1. The summed E-state index contributed by atoms with van der Waals surface area (Å²) in [6.07, 6.45) is 1.34. The third-order valence-corrected chi connectivity index (χ3v) is 6.83. The molecule has 1 unspecified atom stereocenters. The highest BCUT2D eigenvalue weighted by Gasteiger charge is 2.50. The Bertz CT molecular complexity index is 935. The Balaban J connectivity index is 1.55. The van der Waals surface area contributed by atoms with Gasteiger partial charge in [0.05, 0.1) is 13.1 Å². The number of benzene rings is 2. The Morgan fingerprint density at radius 1 is 0.939 bits per heavy atom. The number of carbonyl (C=O) groups excluding carboxylic acids is 2. The minimum absolute atomic E-state index is 0.211. The molecule has 33 heavy (non-hydrogen) atoms. The molecular formula is C27H33NO5. The number of quaternary nitrogens is 1. The van der Waals surface area contributed by atoms with E-state index >= 15 is 0 Å². The van der Waals surface area contributed by atoms with Crippen molar-refractivity contribution in [1.82, 2.24) is 0 Å². The van der Waals surface area contributed by atoms with Crippen LogP contribution in [0.3, 0.4) is 0 Å². The lowest BCUT2D eigenvalue weighted by Crippen LogP contribution is -2.66. The molecule has 5 rings (SSSR count). The molecule has 3 saturated heterocycles. The van der Waals surface area contributed by atoms with Gasteiger partial charge in [0.15, 0.2) is 12.6 Å². The van der Waals surface area contributed by atoms with Crippen LogP contribution in [0.5, 0.6) is 0 Å². The van der Waals surface area contributed by atoms with Gasteiger partial charge in [0.2, 0.25) is 0 Å². The standard InChI is InChI=1S/C27H33NO5/c1-26(2,3)33-24(29)19-28-16-14-20(15-17-28)23(18-28)32-25(30)27(31,21-10-6-4-7-11-21)22-12-8-5-9-13-22/h4-13,20,23H,14-19H2,1-3H3. The van der Waals surface area contributed by atoms with Crippen LogP contribution in [-0.4, -0.2) is 54.3 Å². The molecule has 0 aromatic heterocycles. The molecule has 0 amide bonds. The molecule has 0 radical (unpaired) electrons. The van der Waals surface area contributed by atoms with Crippen molar-refractivity contribution in [3.05, 3.63) is 71.8 Å². The predicted molar refractivity (Wildman–Crippen MR) is 122 cm³/mol. The zero-order valence-electron chi connectivity index (χ0n) is 19.7. The number of carbonyl (C=O) groups is 2. The fraction of sp³-hybridized carbons (Fsp3) is 0.481. The van der Waals surface area contributed by atoms with E-state index in [1.54, 1.807) is 48.5 Å². The van der Waals surface area contributed by atoms with Crippen molar-refractivity contribution < 1.29 is 28.7 Å². The summed E-state index contributed by atoms with van der Waals surface area (Å²) in [4.78, 5) is 26.1. The van der Waals surface area contributed by atoms with Gasteiger partial charge in [0.1, 0.15) is 12.1 Å². The topological polar surface area (TPSA) is 75.7 Å². The van der Waals surface area contributed by atoms with Crippen molar-refractivity contribution >= 4 is 11.9 Å². The third-order valence-electron chi connectivity index (χ3n) is 6.83. The van der Waals surface area contributed by atoms with Crippen molar-refractivity contribution in [1.29, 1.82) is 0 Å². The maximum atomic E-state index is 14.1. The average molecular weight is 452 g/mol. The summed E-state index contributed by atoms with van der Waals surface area (Å²) in [5.74, 6) is -0.808. The molecule has 3 heterocycles. The molecule has 2 aromatic rings. The van der Waals surface area contributed by atoms with Gasteiger partial charge in [-0.15, -0.1) is 0 Å². The van der Waals surface area contributed by atoms with Crippen LogP contribution in [0.25, 0.3) is 0 Å². The summed E-state index contributed by atoms with van der Waals surface area (Å²) in [6, 6.07) is 17.4. The molecule has 176 valence electrons. The fourth-order valence-corrected chi connectivity index (χ4v) is 5.19. The second kappa shape index (κ2) is 8.92. The lowest BCUT2D eigenvalue weighted by Gasteiger charge is -2.52. The normalized spacial score (nSPS) is 24.8. The van der Waals surface area contributed by atoms with Crippen molar-refractivity contribution in [3.8, 4) is 0 Å². The first-order valence-electron chi connectivity index (χ1n) is 11.7. The van der Waals surface area contributed by atoms with E-state index in [4.69, 9.17) is 9.47 Å². The van der Waals surface area contributed by atoms with Crippen molar-refractivity contribution in [2.24, 2.45) is 5.92 Å². The Morgan fingerprint density at radius 2 is 1.45 bits per heavy atom. The van der Waals surface area contributed by atoms with E-state index in [0.29, 0.717) is 22.2 Å². The first-order valence-corrected chi connectivity index (χ1v) is 11.7. The van der Waals surface area contributed by atoms with Crippen LogP contribution < -0.4 is 5.11 Å². The van der Waals surface area contributed by atoms with Gasteiger partial charge >= 0.3 is 11.9 Å². The summed E-state index contributed by atoms with van der Waals surface area (Å²) < 4.78 is 12.1. The molecule has 0 N–H and O–H groups in total. The molecule has 0 spiro atoms. The molecule has 6 heteroatoms. The van der Waals surface area contributed by atoms with Gasteiger partial charge in [-0.2, -0.15) is 0 Å². The monoisotopic (exact) mass is 451 g/mol. The van der Waals surface area contributed by atoms with Crippen molar-refractivity contribution in [2.45, 2.75) is 50.9 Å². The van der Waals surface area contributed by atoms with Crippen LogP contribution in [-0.2, 0) is 24.7 Å². The van der Waals surface area contributed by atoms with Gasteiger partial charge < -0.3 is 19.1 Å². The molecule has 0 aliphatic carbocycles. The number of piperidine rings is 3. The molecule has 2 aromatic carbocycles. The van der Waals surface area contributed by atoms with Crippen LogP contribution in [0.15, 0.2) is 60.7 Å². The second-order valence-corrected chi connectivity index (χ2v) is 10.4. The Hall–Kier alpha value is -2.70. The number of ether oxygens (including phenoxy) is 2. The number of esters is 2. The molecule has 3 aliphatic heterocycles. The predicted octanol–water partition coefficient (Wildman–Crippen LogP) is 2.78.